The quantitative estimate of drug-likeness (QED) is 0.878. The van der Waals surface area contributed by atoms with Gasteiger partial charge in [0.25, 0.3) is 0 Å². The van der Waals surface area contributed by atoms with Gasteiger partial charge in [0.1, 0.15) is 0 Å². The fourth-order valence-electron chi connectivity index (χ4n) is 2.18. The van der Waals surface area contributed by atoms with Gasteiger partial charge < -0.3 is 10.2 Å². The minimum absolute atomic E-state index is 0.0232. The van der Waals surface area contributed by atoms with Crippen molar-refractivity contribution in [2.24, 2.45) is 5.92 Å². The van der Waals surface area contributed by atoms with Crippen molar-refractivity contribution in [2.45, 2.75) is 20.3 Å². The van der Waals surface area contributed by atoms with Gasteiger partial charge in [0.2, 0.25) is 11.8 Å². The Kier molecular flexibility index (Phi) is 3.65. The molecule has 1 aromatic rings. The number of carbonyl (C=O) groups is 2. The van der Waals surface area contributed by atoms with Crippen LogP contribution in [0.1, 0.15) is 18.9 Å². The van der Waals surface area contributed by atoms with Crippen LogP contribution in [0.3, 0.4) is 0 Å². The summed E-state index contributed by atoms with van der Waals surface area (Å²) >= 11 is 0. The van der Waals surface area contributed by atoms with Crippen LogP contribution in [-0.4, -0.2) is 24.9 Å². The van der Waals surface area contributed by atoms with E-state index in [1.165, 1.54) is 0 Å². The fourth-order valence-corrected chi connectivity index (χ4v) is 2.18. The lowest BCUT2D eigenvalue weighted by Gasteiger charge is -2.16. The van der Waals surface area contributed by atoms with Crippen LogP contribution in [0.4, 0.5) is 5.69 Å². The summed E-state index contributed by atoms with van der Waals surface area (Å²) in [7, 11) is 0. The van der Waals surface area contributed by atoms with Gasteiger partial charge in [-0.05, 0) is 26.0 Å². The first-order chi connectivity index (χ1) is 8.61. The van der Waals surface area contributed by atoms with E-state index in [0.717, 1.165) is 11.3 Å². The fraction of sp³-hybridized carbons (Fsp3) is 0.429. The van der Waals surface area contributed by atoms with E-state index in [0.29, 0.717) is 19.5 Å². The highest BCUT2D eigenvalue weighted by Gasteiger charge is 2.34. The van der Waals surface area contributed by atoms with Gasteiger partial charge in [-0.3, -0.25) is 9.59 Å². The van der Waals surface area contributed by atoms with Crippen molar-refractivity contribution in [1.82, 2.24) is 5.32 Å². The van der Waals surface area contributed by atoms with Crippen molar-refractivity contribution in [2.75, 3.05) is 18.0 Å². The van der Waals surface area contributed by atoms with E-state index in [2.05, 4.69) is 5.32 Å². The van der Waals surface area contributed by atoms with Crippen LogP contribution in [-0.2, 0) is 9.59 Å². The van der Waals surface area contributed by atoms with Crippen molar-refractivity contribution in [3.8, 4) is 0 Å². The summed E-state index contributed by atoms with van der Waals surface area (Å²) < 4.78 is 0. The van der Waals surface area contributed by atoms with E-state index in [1.807, 2.05) is 38.1 Å². The monoisotopic (exact) mass is 246 g/mol. The van der Waals surface area contributed by atoms with Gasteiger partial charge in [-0.2, -0.15) is 0 Å². The van der Waals surface area contributed by atoms with E-state index in [4.69, 9.17) is 0 Å². The van der Waals surface area contributed by atoms with Crippen molar-refractivity contribution < 1.29 is 9.59 Å². The second-order valence-corrected chi connectivity index (χ2v) is 4.64. The number of amides is 2. The number of rotatable bonds is 3. The molecule has 4 nitrogen and oxygen atoms in total. The van der Waals surface area contributed by atoms with E-state index in [9.17, 15) is 9.59 Å². The Hall–Kier alpha value is -1.84. The second-order valence-electron chi connectivity index (χ2n) is 4.64. The van der Waals surface area contributed by atoms with Gasteiger partial charge in [0, 0.05) is 25.2 Å². The molecule has 1 aliphatic heterocycles. The first-order valence-electron chi connectivity index (χ1n) is 6.26. The number of hydrogen-bond donors (Lipinski definition) is 1. The zero-order valence-electron chi connectivity index (χ0n) is 10.8. The molecule has 2 rings (SSSR count). The molecule has 2 amide bonds. The summed E-state index contributed by atoms with van der Waals surface area (Å²) in [5, 5.41) is 2.77. The first-order valence-corrected chi connectivity index (χ1v) is 6.26. The molecule has 0 saturated carbocycles. The van der Waals surface area contributed by atoms with E-state index in [-0.39, 0.29) is 17.7 Å². The molecule has 0 unspecified atom stereocenters. The predicted octanol–water partition coefficient (Wildman–Crippen LogP) is 1.48. The van der Waals surface area contributed by atoms with Gasteiger partial charge in [-0.15, -0.1) is 0 Å². The van der Waals surface area contributed by atoms with E-state index in [1.54, 1.807) is 4.90 Å². The number of nitrogens with zero attached hydrogens (tertiary/aromatic N) is 1. The highest BCUT2D eigenvalue weighted by Crippen LogP contribution is 2.25. The van der Waals surface area contributed by atoms with Crippen molar-refractivity contribution in [3.05, 3.63) is 29.8 Å². The van der Waals surface area contributed by atoms with Crippen LogP contribution in [0.25, 0.3) is 0 Å². The molecule has 4 heteroatoms. The maximum atomic E-state index is 11.9. The Morgan fingerprint density at radius 3 is 2.67 bits per heavy atom. The maximum absolute atomic E-state index is 11.9. The lowest BCUT2D eigenvalue weighted by molar-refractivity contribution is -0.126. The molecule has 18 heavy (non-hydrogen) atoms. The van der Waals surface area contributed by atoms with Crippen LogP contribution in [0.2, 0.25) is 0 Å². The molecule has 0 aliphatic carbocycles. The SMILES string of the molecule is CCNC(=O)[C@H]1CC(=O)N(c2ccc(C)cc2)C1. The molecule has 1 aromatic carbocycles. The number of benzene rings is 1. The normalized spacial score (nSPS) is 19.1. The Bertz CT molecular complexity index is 453. The van der Waals surface area contributed by atoms with Crippen LogP contribution in [0.15, 0.2) is 24.3 Å². The topological polar surface area (TPSA) is 49.4 Å². The molecule has 96 valence electrons. The smallest absolute Gasteiger partial charge is 0.227 e. The molecule has 1 heterocycles. The van der Waals surface area contributed by atoms with E-state index >= 15 is 0 Å². The molecule has 0 spiro atoms. The summed E-state index contributed by atoms with van der Waals surface area (Å²) in [5.41, 5.74) is 2.03. The summed E-state index contributed by atoms with van der Waals surface area (Å²) in [4.78, 5) is 25.4. The predicted molar refractivity (Wildman–Crippen MR) is 70.3 cm³/mol. The summed E-state index contributed by atoms with van der Waals surface area (Å²) in [6.07, 6.45) is 0.305. The van der Waals surface area contributed by atoms with Gasteiger partial charge in [-0.25, -0.2) is 0 Å². The Balaban J connectivity index is 2.10. The van der Waals surface area contributed by atoms with Crippen LogP contribution < -0.4 is 10.2 Å². The molecule has 1 atom stereocenters. The van der Waals surface area contributed by atoms with Gasteiger partial charge in [-0.1, -0.05) is 17.7 Å². The number of aryl methyl sites for hydroxylation is 1. The average molecular weight is 246 g/mol. The van der Waals surface area contributed by atoms with Crippen molar-refractivity contribution in [1.29, 1.82) is 0 Å². The van der Waals surface area contributed by atoms with Gasteiger partial charge in [0.15, 0.2) is 0 Å². The summed E-state index contributed by atoms with van der Waals surface area (Å²) in [5.74, 6) is -0.227. The molecule has 1 N–H and O–H groups in total. The largest absolute Gasteiger partial charge is 0.356 e. The number of nitrogens with one attached hydrogen (secondary N) is 1. The standard InChI is InChI=1S/C14H18N2O2/c1-3-15-14(18)11-8-13(17)16(9-11)12-6-4-10(2)5-7-12/h4-7,11H,3,8-9H2,1-2H3,(H,15,18)/t11-/m0/s1. The lowest BCUT2D eigenvalue weighted by Crippen LogP contribution is -2.32. The Morgan fingerprint density at radius 1 is 1.39 bits per heavy atom. The lowest BCUT2D eigenvalue weighted by atomic mass is 10.1. The average Bonchev–Trinajstić information content (AvgIpc) is 2.73. The Morgan fingerprint density at radius 2 is 2.06 bits per heavy atom. The van der Waals surface area contributed by atoms with Crippen molar-refractivity contribution >= 4 is 17.5 Å². The third-order valence-corrected chi connectivity index (χ3v) is 3.19. The molecule has 0 bridgehead atoms. The van der Waals surface area contributed by atoms with E-state index < -0.39 is 0 Å². The minimum atomic E-state index is -0.223. The molecule has 0 radical (unpaired) electrons. The highest BCUT2D eigenvalue weighted by molar-refractivity contribution is 6.00. The molecular formula is C14H18N2O2. The van der Waals surface area contributed by atoms with Crippen LogP contribution in [0, 0.1) is 12.8 Å². The summed E-state index contributed by atoms with van der Waals surface area (Å²) in [6.45, 7) is 4.97. The van der Waals surface area contributed by atoms with Gasteiger partial charge >= 0.3 is 0 Å². The molecule has 0 aromatic heterocycles. The first kappa shape index (κ1) is 12.6. The third-order valence-electron chi connectivity index (χ3n) is 3.19. The van der Waals surface area contributed by atoms with Gasteiger partial charge in [0.05, 0.1) is 5.92 Å². The van der Waals surface area contributed by atoms with Crippen LogP contribution in [0.5, 0.6) is 0 Å². The molecule has 1 saturated heterocycles. The third kappa shape index (κ3) is 2.53. The minimum Gasteiger partial charge on any atom is -0.356 e. The van der Waals surface area contributed by atoms with Crippen molar-refractivity contribution in [3.63, 3.8) is 0 Å². The number of hydrogen-bond acceptors (Lipinski definition) is 2. The molecule has 1 fully saturated rings. The molecular weight excluding hydrogens is 228 g/mol. The second kappa shape index (κ2) is 5.21. The zero-order chi connectivity index (χ0) is 13.1. The summed E-state index contributed by atoms with van der Waals surface area (Å²) in [6, 6.07) is 7.80. The zero-order valence-corrected chi connectivity index (χ0v) is 10.8. The van der Waals surface area contributed by atoms with Crippen LogP contribution >= 0.6 is 0 Å². The Labute approximate surface area is 107 Å². The number of anilines is 1. The maximum Gasteiger partial charge on any atom is 0.227 e. The highest BCUT2D eigenvalue weighted by atomic mass is 16.2. The number of carbonyl (C=O) groups excluding carboxylic acids is 2. The molecule has 1 aliphatic rings.